The first-order valence-electron chi connectivity index (χ1n) is 4.65. The molecule has 0 saturated heterocycles. The van der Waals surface area contributed by atoms with Crippen molar-refractivity contribution in [2.75, 3.05) is 0 Å². The number of hydrogen-bond donors (Lipinski definition) is 2. The van der Waals surface area contributed by atoms with Crippen molar-refractivity contribution < 1.29 is 10.2 Å². The first kappa shape index (κ1) is 9.68. The molecule has 0 radical (unpaired) electrons. The number of nitrogens with zero attached hydrogens (tertiary/aromatic N) is 1. The van der Waals surface area contributed by atoms with E-state index in [4.69, 9.17) is 5.11 Å². The predicted molar refractivity (Wildman–Crippen MR) is 57.3 cm³/mol. The van der Waals surface area contributed by atoms with Crippen LogP contribution < -0.4 is 0 Å². The number of aromatic nitrogens is 1. The van der Waals surface area contributed by atoms with Gasteiger partial charge in [0.1, 0.15) is 11.4 Å². The van der Waals surface area contributed by atoms with Gasteiger partial charge in [-0.15, -0.1) is 0 Å². The van der Waals surface area contributed by atoms with E-state index in [1.807, 2.05) is 24.3 Å². The van der Waals surface area contributed by atoms with Gasteiger partial charge in [0.2, 0.25) is 0 Å². The zero-order valence-electron chi connectivity index (χ0n) is 8.09. The van der Waals surface area contributed by atoms with Gasteiger partial charge in [-0.1, -0.05) is 24.3 Å². The smallest absolute Gasteiger partial charge is 0.141 e. The second kappa shape index (κ2) is 4.11. The molecule has 1 aromatic heterocycles. The summed E-state index contributed by atoms with van der Waals surface area (Å²) in [6, 6.07) is 10.6. The van der Waals surface area contributed by atoms with Crippen LogP contribution in [0.2, 0.25) is 0 Å². The zero-order chi connectivity index (χ0) is 10.7. The fourth-order valence-electron chi connectivity index (χ4n) is 1.39. The third-order valence-corrected chi connectivity index (χ3v) is 2.20. The summed E-state index contributed by atoms with van der Waals surface area (Å²) in [4.78, 5) is 4.09. The SMILES string of the molecule is OCc1ccc(-c2ncccc2O)cc1. The van der Waals surface area contributed by atoms with Gasteiger partial charge in [-0.25, -0.2) is 0 Å². The summed E-state index contributed by atoms with van der Waals surface area (Å²) >= 11 is 0. The van der Waals surface area contributed by atoms with Crippen molar-refractivity contribution in [2.24, 2.45) is 0 Å². The summed E-state index contributed by atoms with van der Waals surface area (Å²) in [6.45, 7) is 0.0223. The van der Waals surface area contributed by atoms with Crippen LogP contribution in [0.15, 0.2) is 42.6 Å². The van der Waals surface area contributed by atoms with Gasteiger partial charge in [-0.05, 0) is 17.7 Å². The third-order valence-electron chi connectivity index (χ3n) is 2.20. The van der Waals surface area contributed by atoms with E-state index in [1.165, 1.54) is 0 Å². The summed E-state index contributed by atoms with van der Waals surface area (Å²) in [6.07, 6.45) is 1.63. The minimum absolute atomic E-state index is 0.0223. The highest BCUT2D eigenvalue weighted by Crippen LogP contribution is 2.25. The lowest BCUT2D eigenvalue weighted by atomic mass is 10.1. The summed E-state index contributed by atoms with van der Waals surface area (Å²) in [5, 5.41) is 18.5. The molecular formula is C12H11NO2. The maximum atomic E-state index is 9.58. The molecule has 0 aliphatic carbocycles. The molecule has 0 aliphatic rings. The Morgan fingerprint density at radius 3 is 2.40 bits per heavy atom. The molecule has 0 atom stereocenters. The molecule has 0 fully saturated rings. The van der Waals surface area contributed by atoms with Crippen LogP contribution in [0.1, 0.15) is 5.56 Å². The van der Waals surface area contributed by atoms with Gasteiger partial charge in [0.15, 0.2) is 0 Å². The maximum Gasteiger partial charge on any atom is 0.141 e. The van der Waals surface area contributed by atoms with Gasteiger partial charge < -0.3 is 10.2 Å². The highest BCUT2D eigenvalue weighted by molar-refractivity contribution is 5.65. The highest BCUT2D eigenvalue weighted by Gasteiger charge is 2.03. The van der Waals surface area contributed by atoms with Crippen molar-refractivity contribution in [1.82, 2.24) is 4.98 Å². The molecule has 2 N–H and O–H groups in total. The third kappa shape index (κ3) is 1.97. The molecule has 3 nitrogen and oxygen atoms in total. The van der Waals surface area contributed by atoms with Crippen molar-refractivity contribution in [3.05, 3.63) is 48.2 Å². The van der Waals surface area contributed by atoms with E-state index < -0.39 is 0 Å². The van der Waals surface area contributed by atoms with Crippen molar-refractivity contribution in [2.45, 2.75) is 6.61 Å². The molecule has 0 unspecified atom stereocenters. The molecule has 0 amide bonds. The lowest BCUT2D eigenvalue weighted by molar-refractivity contribution is 0.282. The predicted octanol–water partition coefficient (Wildman–Crippen LogP) is 1.95. The molecule has 3 heteroatoms. The quantitative estimate of drug-likeness (QED) is 0.780. The normalized spacial score (nSPS) is 10.2. The Morgan fingerprint density at radius 1 is 1.07 bits per heavy atom. The lowest BCUT2D eigenvalue weighted by Crippen LogP contribution is -1.86. The van der Waals surface area contributed by atoms with E-state index >= 15 is 0 Å². The van der Waals surface area contributed by atoms with Crippen LogP contribution in [0.5, 0.6) is 5.75 Å². The van der Waals surface area contributed by atoms with Crippen LogP contribution in [-0.2, 0) is 6.61 Å². The number of aliphatic hydroxyl groups is 1. The molecule has 1 aromatic carbocycles. The molecule has 0 bridgehead atoms. The minimum Gasteiger partial charge on any atom is -0.506 e. The second-order valence-corrected chi connectivity index (χ2v) is 3.23. The molecule has 2 aromatic rings. The van der Waals surface area contributed by atoms with Gasteiger partial charge in [0, 0.05) is 11.8 Å². The lowest BCUT2D eigenvalue weighted by Gasteiger charge is -2.03. The summed E-state index contributed by atoms with van der Waals surface area (Å²) in [5.41, 5.74) is 2.24. The number of pyridine rings is 1. The number of aromatic hydroxyl groups is 1. The molecule has 0 saturated carbocycles. The van der Waals surface area contributed by atoms with Crippen molar-refractivity contribution in [3.63, 3.8) is 0 Å². The summed E-state index contributed by atoms with van der Waals surface area (Å²) < 4.78 is 0. The van der Waals surface area contributed by atoms with Gasteiger partial charge in [-0.2, -0.15) is 0 Å². The van der Waals surface area contributed by atoms with Crippen molar-refractivity contribution in [3.8, 4) is 17.0 Å². The van der Waals surface area contributed by atoms with Crippen LogP contribution in [0, 0.1) is 0 Å². The van der Waals surface area contributed by atoms with E-state index in [2.05, 4.69) is 4.98 Å². The molecule has 15 heavy (non-hydrogen) atoms. The minimum atomic E-state index is 0.0223. The van der Waals surface area contributed by atoms with E-state index in [0.29, 0.717) is 5.69 Å². The number of hydrogen-bond acceptors (Lipinski definition) is 3. The average molecular weight is 201 g/mol. The summed E-state index contributed by atoms with van der Waals surface area (Å²) in [5.74, 6) is 0.161. The van der Waals surface area contributed by atoms with Crippen molar-refractivity contribution >= 4 is 0 Å². The second-order valence-electron chi connectivity index (χ2n) is 3.23. The Kier molecular flexibility index (Phi) is 2.65. The molecular weight excluding hydrogens is 190 g/mol. The first-order chi connectivity index (χ1) is 7.31. The maximum absolute atomic E-state index is 9.58. The first-order valence-corrected chi connectivity index (χ1v) is 4.65. The van der Waals surface area contributed by atoms with Gasteiger partial charge in [-0.3, -0.25) is 4.98 Å². The Bertz CT molecular complexity index is 451. The Balaban J connectivity index is 2.42. The van der Waals surface area contributed by atoms with Crippen LogP contribution in [0.4, 0.5) is 0 Å². The van der Waals surface area contributed by atoms with Crippen LogP contribution in [0.3, 0.4) is 0 Å². The average Bonchev–Trinajstić information content (AvgIpc) is 2.30. The van der Waals surface area contributed by atoms with Crippen LogP contribution >= 0.6 is 0 Å². The number of benzene rings is 1. The molecule has 0 aliphatic heterocycles. The van der Waals surface area contributed by atoms with E-state index in [9.17, 15) is 5.11 Å². The fourth-order valence-corrected chi connectivity index (χ4v) is 1.39. The van der Waals surface area contributed by atoms with Crippen LogP contribution in [-0.4, -0.2) is 15.2 Å². The van der Waals surface area contributed by atoms with E-state index in [0.717, 1.165) is 11.1 Å². The topological polar surface area (TPSA) is 53.4 Å². The number of rotatable bonds is 2. The van der Waals surface area contributed by atoms with Gasteiger partial charge in [0.25, 0.3) is 0 Å². The van der Waals surface area contributed by atoms with Crippen LogP contribution in [0.25, 0.3) is 11.3 Å². The van der Waals surface area contributed by atoms with Gasteiger partial charge in [0.05, 0.1) is 6.61 Å². The molecule has 0 spiro atoms. The largest absolute Gasteiger partial charge is 0.506 e. The molecule has 76 valence electrons. The Hall–Kier alpha value is -1.87. The zero-order valence-corrected chi connectivity index (χ0v) is 8.09. The van der Waals surface area contributed by atoms with E-state index in [1.54, 1.807) is 18.3 Å². The highest BCUT2D eigenvalue weighted by atomic mass is 16.3. The van der Waals surface area contributed by atoms with Crippen molar-refractivity contribution in [1.29, 1.82) is 0 Å². The number of aliphatic hydroxyl groups excluding tert-OH is 1. The molecule has 1 heterocycles. The van der Waals surface area contributed by atoms with Gasteiger partial charge >= 0.3 is 0 Å². The Morgan fingerprint density at radius 2 is 1.80 bits per heavy atom. The fraction of sp³-hybridized carbons (Fsp3) is 0.0833. The van der Waals surface area contributed by atoms with E-state index in [-0.39, 0.29) is 12.4 Å². The monoisotopic (exact) mass is 201 g/mol. The summed E-state index contributed by atoms with van der Waals surface area (Å²) in [7, 11) is 0. The molecule has 2 rings (SSSR count). The Labute approximate surface area is 87.7 Å². The standard InChI is InChI=1S/C12H11NO2/c14-8-9-3-5-10(6-4-9)12-11(15)2-1-7-13-12/h1-7,14-15H,8H2.